The Labute approximate surface area is 161 Å². The van der Waals surface area contributed by atoms with Gasteiger partial charge in [0.25, 0.3) is 0 Å². The second kappa shape index (κ2) is 8.70. The molecule has 8 nitrogen and oxygen atoms in total. The zero-order valence-corrected chi connectivity index (χ0v) is 15.6. The molecule has 3 rings (SSSR count). The number of rotatable bonds is 8. The fraction of sp³-hybridized carbons (Fsp3) is 0.278. The molecule has 1 N–H and O–H groups in total. The van der Waals surface area contributed by atoms with Crippen molar-refractivity contribution in [1.29, 1.82) is 0 Å². The third-order valence-corrected chi connectivity index (χ3v) is 3.98. The molecule has 0 aliphatic rings. The Hall–Kier alpha value is -2.84. The van der Waals surface area contributed by atoms with Crippen molar-refractivity contribution in [2.75, 3.05) is 20.8 Å². The molecule has 0 amide bonds. The van der Waals surface area contributed by atoms with Crippen LogP contribution in [0.3, 0.4) is 0 Å². The highest BCUT2D eigenvalue weighted by atomic mass is 35.5. The molecular weight excluding hydrogens is 372 g/mol. The molecule has 1 heterocycles. The number of ether oxygens (including phenoxy) is 3. The SMILES string of the molecule is COc1ccc(-c2nnn(C[C@@H](O)COc3ccc(Cl)cc3)n2)cc1OC. The summed E-state index contributed by atoms with van der Waals surface area (Å²) in [6, 6.07) is 12.2. The van der Waals surface area contributed by atoms with Gasteiger partial charge in [0.2, 0.25) is 5.82 Å². The van der Waals surface area contributed by atoms with E-state index >= 15 is 0 Å². The average Bonchev–Trinajstić information content (AvgIpc) is 3.15. The summed E-state index contributed by atoms with van der Waals surface area (Å²) in [7, 11) is 3.13. The Balaban J connectivity index is 1.61. The molecule has 0 spiro atoms. The van der Waals surface area contributed by atoms with Crippen molar-refractivity contribution < 1.29 is 19.3 Å². The van der Waals surface area contributed by atoms with Crippen molar-refractivity contribution >= 4 is 11.6 Å². The standard InChI is InChI=1S/C18H19ClN4O4/c1-25-16-8-3-12(9-17(16)26-2)18-20-22-23(21-18)10-14(24)11-27-15-6-4-13(19)5-7-15/h3-9,14,24H,10-11H2,1-2H3/t14-/m1/s1. The summed E-state index contributed by atoms with van der Waals surface area (Å²) in [6.45, 7) is 0.239. The second-order valence-corrected chi connectivity index (χ2v) is 6.09. The maximum Gasteiger partial charge on any atom is 0.205 e. The molecule has 142 valence electrons. The normalized spacial score (nSPS) is 11.9. The van der Waals surface area contributed by atoms with Gasteiger partial charge in [0.15, 0.2) is 11.5 Å². The molecule has 0 bridgehead atoms. The number of hydrogen-bond acceptors (Lipinski definition) is 7. The van der Waals surface area contributed by atoms with Gasteiger partial charge in [-0.25, -0.2) is 0 Å². The first-order chi connectivity index (χ1) is 13.1. The molecule has 9 heteroatoms. The minimum atomic E-state index is -0.798. The van der Waals surface area contributed by atoms with Gasteiger partial charge in [-0.15, -0.1) is 10.2 Å². The van der Waals surface area contributed by atoms with Crippen molar-refractivity contribution in [2.45, 2.75) is 12.6 Å². The summed E-state index contributed by atoms with van der Waals surface area (Å²) in [5, 5.41) is 23.0. The number of aromatic nitrogens is 4. The molecule has 0 fully saturated rings. The predicted octanol–water partition coefficient (Wildman–Crippen LogP) is 2.45. The van der Waals surface area contributed by atoms with Crippen molar-refractivity contribution in [3.63, 3.8) is 0 Å². The fourth-order valence-corrected chi connectivity index (χ4v) is 2.50. The quantitative estimate of drug-likeness (QED) is 0.631. The van der Waals surface area contributed by atoms with Crippen LogP contribution in [0, 0.1) is 0 Å². The second-order valence-electron chi connectivity index (χ2n) is 5.66. The van der Waals surface area contributed by atoms with Crippen molar-refractivity contribution in [1.82, 2.24) is 20.2 Å². The lowest BCUT2D eigenvalue weighted by atomic mass is 10.2. The van der Waals surface area contributed by atoms with E-state index in [1.54, 1.807) is 50.6 Å². The molecule has 0 radical (unpaired) electrons. The molecule has 0 aliphatic carbocycles. The first kappa shape index (κ1) is 18.9. The van der Waals surface area contributed by atoms with Crippen LogP contribution >= 0.6 is 11.6 Å². The van der Waals surface area contributed by atoms with Crippen LogP contribution in [0.2, 0.25) is 5.02 Å². The Kier molecular flexibility index (Phi) is 6.10. The Morgan fingerprint density at radius 1 is 1.07 bits per heavy atom. The minimum absolute atomic E-state index is 0.0921. The number of aliphatic hydroxyl groups excluding tert-OH is 1. The summed E-state index contributed by atoms with van der Waals surface area (Å²) in [5.74, 6) is 2.23. The Morgan fingerprint density at radius 2 is 1.81 bits per heavy atom. The van der Waals surface area contributed by atoms with E-state index in [4.69, 9.17) is 25.8 Å². The first-order valence-corrected chi connectivity index (χ1v) is 8.53. The lowest BCUT2D eigenvalue weighted by Crippen LogP contribution is -2.24. The monoisotopic (exact) mass is 390 g/mol. The molecule has 0 aliphatic heterocycles. The van der Waals surface area contributed by atoms with Gasteiger partial charge in [0, 0.05) is 10.6 Å². The third-order valence-electron chi connectivity index (χ3n) is 3.72. The number of methoxy groups -OCH3 is 2. The Bertz CT molecular complexity index is 885. The number of nitrogens with zero attached hydrogens (tertiary/aromatic N) is 4. The third kappa shape index (κ3) is 4.87. The summed E-state index contributed by atoms with van der Waals surface area (Å²) in [4.78, 5) is 1.32. The zero-order valence-electron chi connectivity index (χ0n) is 14.9. The molecule has 0 unspecified atom stereocenters. The van der Waals surface area contributed by atoms with Crippen LogP contribution in [0.25, 0.3) is 11.4 Å². The van der Waals surface area contributed by atoms with E-state index in [9.17, 15) is 5.11 Å². The maximum absolute atomic E-state index is 10.1. The number of halogens is 1. The maximum atomic E-state index is 10.1. The van der Waals surface area contributed by atoms with Crippen LogP contribution in [0.4, 0.5) is 0 Å². The van der Waals surface area contributed by atoms with Gasteiger partial charge < -0.3 is 19.3 Å². The van der Waals surface area contributed by atoms with Crippen LogP contribution in [-0.4, -0.2) is 52.2 Å². The van der Waals surface area contributed by atoms with E-state index in [0.29, 0.717) is 28.1 Å². The highest BCUT2D eigenvalue weighted by Gasteiger charge is 2.13. The van der Waals surface area contributed by atoms with E-state index < -0.39 is 6.10 Å². The van der Waals surface area contributed by atoms with E-state index in [-0.39, 0.29) is 13.2 Å². The van der Waals surface area contributed by atoms with Gasteiger partial charge in [-0.1, -0.05) is 11.6 Å². The van der Waals surface area contributed by atoms with Crippen LogP contribution in [0.5, 0.6) is 17.2 Å². The predicted molar refractivity (Wildman–Crippen MR) is 99.3 cm³/mol. The van der Waals surface area contributed by atoms with Gasteiger partial charge in [-0.2, -0.15) is 4.80 Å². The number of benzene rings is 2. The number of aliphatic hydroxyl groups is 1. The molecule has 3 aromatic rings. The van der Waals surface area contributed by atoms with Crippen LogP contribution < -0.4 is 14.2 Å². The Morgan fingerprint density at radius 3 is 2.52 bits per heavy atom. The van der Waals surface area contributed by atoms with Crippen LogP contribution in [-0.2, 0) is 6.54 Å². The lowest BCUT2D eigenvalue weighted by Gasteiger charge is -2.11. The molecule has 0 saturated carbocycles. The van der Waals surface area contributed by atoms with Gasteiger partial charge in [-0.05, 0) is 47.7 Å². The smallest absolute Gasteiger partial charge is 0.205 e. The average molecular weight is 391 g/mol. The largest absolute Gasteiger partial charge is 0.493 e. The summed E-state index contributed by atoms with van der Waals surface area (Å²) in [6.07, 6.45) is -0.798. The van der Waals surface area contributed by atoms with E-state index in [1.807, 2.05) is 6.07 Å². The molecule has 0 saturated heterocycles. The topological polar surface area (TPSA) is 91.5 Å². The van der Waals surface area contributed by atoms with Gasteiger partial charge in [-0.3, -0.25) is 0 Å². The van der Waals surface area contributed by atoms with E-state index in [0.717, 1.165) is 5.56 Å². The molecule has 1 atom stereocenters. The fourth-order valence-electron chi connectivity index (χ4n) is 2.38. The highest BCUT2D eigenvalue weighted by Crippen LogP contribution is 2.30. The highest BCUT2D eigenvalue weighted by molar-refractivity contribution is 6.30. The van der Waals surface area contributed by atoms with Crippen molar-refractivity contribution in [3.05, 3.63) is 47.5 Å². The van der Waals surface area contributed by atoms with Crippen molar-refractivity contribution in [2.24, 2.45) is 0 Å². The number of tetrazole rings is 1. The van der Waals surface area contributed by atoms with Crippen LogP contribution in [0.15, 0.2) is 42.5 Å². The van der Waals surface area contributed by atoms with Crippen LogP contribution in [0.1, 0.15) is 0 Å². The van der Waals surface area contributed by atoms with Gasteiger partial charge in [0.05, 0.1) is 20.8 Å². The summed E-state index contributed by atoms with van der Waals surface area (Å²) in [5.41, 5.74) is 0.728. The summed E-state index contributed by atoms with van der Waals surface area (Å²) >= 11 is 5.82. The van der Waals surface area contributed by atoms with E-state index in [2.05, 4.69) is 15.4 Å². The number of hydrogen-bond donors (Lipinski definition) is 1. The minimum Gasteiger partial charge on any atom is -0.493 e. The van der Waals surface area contributed by atoms with Crippen molar-refractivity contribution in [3.8, 4) is 28.6 Å². The molecule has 2 aromatic carbocycles. The molecule has 1 aromatic heterocycles. The van der Waals surface area contributed by atoms with Gasteiger partial charge >= 0.3 is 0 Å². The lowest BCUT2D eigenvalue weighted by molar-refractivity contribution is 0.0850. The summed E-state index contributed by atoms with van der Waals surface area (Å²) < 4.78 is 16.0. The first-order valence-electron chi connectivity index (χ1n) is 8.15. The molecular formula is C18H19ClN4O4. The van der Waals surface area contributed by atoms with Gasteiger partial charge in [0.1, 0.15) is 18.5 Å². The zero-order chi connectivity index (χ0) is 19.2. The molecule has 27 heavy (non-hydrogen) atoms. The van der Waals surface area contributed by atoms with E-state index in [1.165, 1.54) is 4.80 Å².